The lowest BCUT2D eigenvalue weighted by Crippen LogP contribution is -2.09. The number of anilines is 1. The second kappa shape index (κ2) is 6.68. The highest BCUT2D eigenvalue weighted by molar-refractivity contribution is 7.98. The molecule has 0 amide bonds. The summed E-state index contributed by atoms with van der Waals surface area (Å²) in [6.07, 6.45) is 0. The third kappa shape index (κ3) is 3.79. The molecule has 0 aliphatic carbocycles. The highest BCUT2D eigenvalue weighted by Crippen LogP contribution is 2.33. The number of nitrogen functional groups attached to an aromatic ring is 1. The first kappa shape index (κ1) is 15.4. The van der Waals surface area contributed by atoms with Crippen LogP contribution >= 0.6 is 35.0 Å². The minimum atomic E-state index is 0.410. The number of hydrazine groups is 1. The molecule has 2 aromatic rings. The number of nitrogens with two attached hydrogens (primary N) is 1. The Kier molecular flexibility index (Phi) is 5.16. The Labute approximate surface area is 132 Å². The van der Waals surface area contributed by atoms with Crippen LogP contribution in [0.1, 0.15) is 16.7 Å². The largest absolute Gasteiger partial charge is 0.307 e. The van der Waals surface area contributed by atoms with Crippen LogP contribution in [0.2, 0.25) is 10.0 Å². The highest BCUT2D eigenvalue weighted by Gasteiger charge is 2.09. The van der Waals surface area contributed by atoms with Gasteiger partial charge >= 0.3 is 0 Å². The van der Waals surface area contributed by atoms with E-state index < -0.39 is 0 Å². The molecule has 0 radical (unpaired) electrons. The average molecular weight is 328 g/mol. The number of halogens is 2. The Hall–Kier alpha value is -0.940. The summed E-state index contributed by atoms with van der Waals surface area (Å²) < 4.78 is 0. The molecule has 106 valence electrons. The number of aromatic nitrogens is 1. The lowest BCUT2D eigenvalue weighted by Gasteiger charge is -2.09. The average Bonchev–Trinajstić information content (AvgIpc) is 2.36. The molecule has 1 heterocycles. The van der Waals surface area contributed by atoms with Crippen LogP contribution in [0.3, 0.4) is 0 Å². The molecule has 0 aliphatic rings. The van der Waals surface area contributed by atoms with E-state index in [-0.39, 0.29) is 0 Å². The molecular formula is C14H15Cl2N3S. The summed E-state index contributed by atoms with van der Waals surface area (Å²) in [4.78, 5) is 4.31. The molecule has 20 heavy (non-hydrogen) atoms. The summed E-state index contributed by atoms with van der Waals surface area (Å²) >= 11 is 13.7. The number of rotatable bonds is 4. The fourth-order valence-corrected chi connectivity index (χ4v) is 3.36. The van der Waals surface area contributed by atoms with Gasteiger partial charge < -0.3 is 5.43 Å². The van der Waals surface area contributed by atoms with E-state index in [0.717, 1.165) is 5.75 Å². The zero-order valence-electron chi connectivity index (χ0n) is 11.2. The van der Waals surface area contributed by atoms with E-state index in [1.165, 1.54) is 16.7 Å². The van der Waals surface area contributed by atoms with Gasteiger partial charge in [-0.15, -0.1) is 11.8 Å². The Morgan fingerprint density at radius 1 is 1.10 bits per heavy atom. The van der Waals surface area contributed by atoms with E-state index >= 15 is 0 Å². The van der Waals surface area contributed by atoms with Gasteiger partial charge in [-0.3, -0.25) is 0 Å². The monoisotopic (exact) mass is 327 g/mol. The quantitative estimate of drug-likeness (QED) is 0.490. The molecule has 0 saturated carbocycles. The van der Waals surface area contributed by atoms with Crippen LogP contribution in [0.4, 0.5) is 5.82 Å². The number of aryl methyl sites for hydroxylation is 2. The molecule has 6 heteroatoms. The van der Waals surface area contributed by atoms with Gasteiger partial charge in [0.1, 0.15) is 5.03 Å². The molecule has 0 saturated heterocycles. The van der Waals surface area contributed by atoms with Gasteiger partial charge in [0, 0.05) is 5.75 Å². The number of thioether (sulfide) groups is 1. The summed E-state index contributed by atoms with van der Waals surface area (Å²) in [6, 6.07) is 8.12. The lowest BCUT2D eigenvalue weighted by molar-refractivity contribution is 1.10. The second-order valence-corrected chi connectivity index (χ2v) is 6.31. The van der Waals surface area contributed by atoms with Crippen LogP contribution < -0.4 is 11.3 Å². The zero-order valence-corrected chi connectivity index (χ0v) is 13.5. The molecule has 1 aromatic heterocycles. The molecule has 0 bridgehead atoms. The van der Waals surface area contributed by atoms with Crippen LogP contribution in [0, 0.1) is 13.8 Å². The summed E-state index contributed by atoms with van der Waals surface area (Å²) in [5.74, 6) is 6.59. The number of nitrogens with one attached hydrogen (secondary N) is 1. The lowest BCUT2D eigenvalue weighted by atomic mass is 10.1. The van der Waals surface area contributed by atoms with Crippen molar-refractivity contribution >= 4 is 40.8 Å². The van der Waals surface area contributed by atoms with E-state index in [1.807, 2.05) is 0 Å². The Morgan fingerprint density at radius 2 is 1.75 bits per heavy atom. The third-order valence-corrected chi connectivity index (χ3v) is 4.44. The van der Waals surface area contributed by atoms with E-state index in [0.29, 0.717) is 20.9 Å². The molecule has 0 unspecified atom stereocenters. The Bertz CT molecular complexity index is 612. The predicted octanol–water partition coefficient (Wildman–Crippen LogP) is 4.58. The fraction of sp³-hybridized carbons (Fsp3) is 0.214. The van der Waals surface area contributed by atoms with Crippen LogP contribution in [0.25, 0.3) is 0 Å². The topological polar surface area (TPSA) is 50.9 Å². The minimum Gasteiger partial charge on any atom is -0.307 e. The van der Waals surface area contributed by atoms with Crippen LogP contribution in [-0.4, -0.2) is 4.98 Å². The second-order valence-electron chi connectivity index (χ2n) is 4.53. The summed E-state index contributed by atoms with van der Waals surface area (Å²) in [6.45, 7) is 4.18. The fourth-order valence-electron chi connectivity index (χ4n) is 1.96. The molecule has 1 aromatic carbocycles. The predicted molar refractivity (Wildman–Crippen MR) is 87.5 cm³/mol. The summed E-state index contributed by atoms with van der Waals surface area (Å²) in [5.41, 5.74) is 6.20. The van der Waals surface area contributed by atoms with Gasteiger partial charge in [0.25, 0.3) is 0 Å². The van der Waals surface area contributed by atoms with Gasteiger partial charge in [0.05, 0.1) is 10.0 Å². The smallest absolute Gasteiger partial charge is 0.160 e. The zero-order chi connectivity index (χ0) is 14.7. The molecule has 0 fully saturated rings. The number of pyridine rings is 1. The van der Waals surface area contributed by atoms with E-state index in [4.69, 9.17) is 29.0 Å². The molecule has 3 nitrogen and oxygen atoms in total. The number of benzene rings is 1. The first-order chi connectivity index (χ1) is 9.49. The number of nitrogens with zero attached hydrogens (tertiary/aromatic N) is 1. The molecule has 3 N–H and O–H groups in total. The van der Waals surface area contributed by atoms with Crippen LogP contribution in [0.15, 0.2) is 29.3 Å². The number of hydrogen-bond acceptors (Lipinski definition) is 4. The molecule has 0 atom stereocenters. The van der Waals surface area contributed by atoms with Crippen LogP contribution in [0.5, 0.6) is 0 Å². The maximum atomic E-state index is 6.15. The Morgan fingerprint density at radius 3 is 2.35 bits per heavy atom. The van der Waals surface area contributed by atoms with Gasteiger partial charge in [-0.1, -0.05) is 52.5 Å². The van der Waals surface area contributed by atoms with E-state index in [1.54, 1.807) is 17.8 Å². The molecular weight excluding hydrogens is 313 g/mol. The molecule has 0 spiro atoms. The Balaban J connectivity index is 2.18. The maximum absolute atomic E-state index is 6.15. The van der Waals surface area contributed by atoms with Crippen molar-refractivity contribution in [3.05, 3.63) is 51.0 Å². The first-order valence-corrected chi connectivity index (χ1v) is 7.76. The van der Waals surface area contributed by atoms with Crippen molar-refractivity contribution in [1.82, 2.24) is 4.98 Å². The van der Waals surface area contributed by atoms with Crippen molar-refractivity contribution in [2.24, 2.45) is 5.84 Å². The van der Waals surface area contributed by atoms with Crippen molar-refractivity contribution in [1.29, 1.82) is 0 Å². The highest BCUT2D eigenvalue weighted by atomic mass is 35.5. The molecule has 0 aliphatic heterocycles. The van der Waals surface area contributed by atoms with E-state index in [2.05, 4.69) is 42.5 Å². The van der Waals surface area contributed by atoms with Crippen molar-refractivity contribution in [3.63, 3.8) is 0 Å². The van der Waals surface area contributed by atoms with Gasteiger partial charge in [-0.25, -0.2) is 10.8 Å². The SMILES string of the molecule is Cc1cc(C)cc(CSc2nc(NN)c(Cl)cc2Cl)c1. The van der Waals surface area contributed by atoms with Gasteiger partial charge in [-0.2, -0.15) is 0 Å². The first-order valence-electron chi connectivity index (χ1n) is 6.02. The normalized spacial score (nSPS) is 10.7. The summed E-state index contributed by atoms with van der Waals surface area (Å²) in [7, 11) is 0. The van der Waals surface area contributed by atoms with Crippen molar-refractivity contribution in [3.8, 4) is 0 Å². The van der Waals surface area contributed by atoms with Gasteiger partial charge in [0.2, 0.25) is 0 Å². The maximum Gasteiger partial charge on any atom is 0.160 e. The van der Waals surface area contributed by atoms with Crippen molar-refractivity contribution in [2.45, 2.75) is 24.6 Å². The molecule has 2 rings (SSSR count). The van der Waals surface area contributed by atoms with Gasteiger partial charge in [-0.05, 0) is 25.5 Å². The third-order valence-electron chi connectivity index (χ3n) is 2.69. The summed E-state index contributed by atoms with van der Waals surface area (Å²) in [5, 5.41) is 1.65. The van der Waals surface area contributed by atoms with E-state index in [9.17, 15) is 0 Å². The number of hydrogen-bond donors (Lipinski definition) is 2. The standard InChI is InChI=1S/C14H15Cl2N3S/c1-8-3-9(2)5-10(4-8)7-20-14-12(16)6-11(15)13(18-14)19-17/h3-6H,7,17H2,1-2H3,(H,18,19). The van der Waals surface area contributed by atoms with Crippen molar-refractivity contribution < 1.29 is 0 Å². The van der Waals surface area contributed by atoms with Gasteiger partial charge in [0.15, 0.2) is 5.82 Å². The van der Waals surface area contributed by atoms with Crippen LogP contribution in [-0.2, 0) is 5.75 Å². The van der Waals surface area contributed by atoms with Crippen molar-refractivity contribution in [2.75, 3.05) is 5.43 Å². The minimum absolute atomic E-state index is 0.410.